The van der Waals surface area contributed by atoms with Crippen molar-refractivity contribution >= 4 is 34.6 Å². The van der Waals surface area contributed by atoms with Crippen LogP contribution in [0.2, 0.25) is 0 Å². The number of halogens is 1. The molecule has 0 aliphatic rings. The van der Waals surface area contributed by atoms with E-state index in [1.807, 2.05) is 30.3 Å². The Bertz CT molecular complexity index is 582. The first kappa shape index (κ1) is 14.2. The summed E-state index contributed by atoms with van der Waals surface area (Å²) in [7, 11) is 0. The van der Waals surface area contributed by atoms with E-state index in [0.29, 0.717) is 12.3 Å². The lowest BCUT2D eigenvalue weighted by Crippen LogP contribution is -2.11. The van der Waals surface area contributed by atoms with Crippen molar-refractivity contribution in [1.29, 1.82) is 0 Å². The van der Waals surface area contributed by atoms with Gasteiger partial charge in [-0.3, -0.25) is 4.79 Å². The van der Waals surface area contributed by atoms with Crippen molar-refractivity contribution < 1.29 is 4.79 Å². The normalized spacial score (nSPS) is 10.7. The number of nitrogens with one attached hydrogen (secondary N) is 1. The lowest BCUT2D eigenvalue weighted by atomic mass is 10.3. The van der Waals surface area contributed by atoms with Gasteiger partial charge in [-0.05, 0) is 36.4 Å². The third kappa shape index (κ3) is 4.48. The van der Waals surface area contributed by atoms with Crippen LogP contribution in [0.3, 0.4) is 0 Å². The molecule has 0 bridgehead atoms. The molecule has 2 aromatic carbocycles. The number of azo groups is 1. The van der Waals surface area contributed by atoms with Crippen LogP contribution >= 0.6 is 11.6 Å². The van der Waals surface area contributed by atoms with E-state index in [1.165, 1.54) is 0 Å². The Morgan fingerprint density at radius 3 is 2.15 bits per heavy atom. The molecule has 0 aliphatic carbocycles. The zero-order valence-corrected chi connectivity index (χ0v) is 11.5. The van der Waals surface area contributed by atoms with Crippen LogP contribution in [-0.2, 0) is 4.79 Å². The number of anilines is 1. The van der Waals surface area contributed by atoms with Crippen LogP contribution in [0.5, 0.6) is 0 Å². The molecule has 0 saturated carbocycles. The molecule has 0 spiro atoms. The van der Waals surface area contributed by atoms with Gasteiger partial charge >= 0.3 is 0 Å². The molecule has 0 aromatic heterocycles. The molecule has 4 nitrogen and oxygen atoms in total. The summed E-state index contributed by atoms with van der Waals surface area (Å²) in [5, 5.41) is 11.0. The number of hydrogen-bond donors (Lipinski definition) is 1. The average Bonchev–Trinajstić information content (AvgIpc) is 2.48. The first-order valence-electron chi connectivity index (χ1n) is 6.20. The van der Waals surface area contributed by atoms with Crippen LogP contribution in [-0.4, -0.2) is 11.8 Å². The quantitative estimate of drug-likeness (QED) is 0.630. The molecule has 0 heterocycles. The van der Waals surface area contributed by atoms with Gasteiger partial charge in [-0.2, -0.15) is 10.2 Å². The Morgan fingerprint density at radius 2 is 1.55 bits per heavy atom. The van der Waals surface area contributed by atoms with Crippen LogP contribution in [0.15, 0.2) is 64.8 Å². The molecule has 0 fully saturated rings. The predicted molar refractivity (Wildman–Crippen MR) is 81.0 cm³/mol. The topological polar surface area (TPSA) is 53.8 Å². The molecule has 0 saturated heterocycles. The highest BCUT2D eigenvalue weighted by Gasteiger charge is 2.00. The van der Waals surface area contributed by atoms with E-state index in [4.69, 9.17) is 11.6 Å². The largest absolute Gasteiger partial charge is 0.326 e. The monoisotopic (exact) mass is 287 g/mol. The van der Waals surface area contributed by atoms with Crippen molar-refractivity contribution in [3.05, 3.63) is 54.6 Å². The van der Waals surface area contributed by atoms with Crippen molar-refractivity contribution in [2.75, 3.05) is 11.2 Å². The van der Waals surface area contributed by atoms with E-state index < -0.39 is 0 Å². The highest BCUT2D eigenvalue weighted by atomic mass is 35.5. The van der Waals surface area contributed by atoms with Crippen LogP contribution < -0.4 is 5.32 Å². The number of benzene rings is 2. The summed E-state index contributed by atoms with van der Waals surface area (Å²) < 4.78 is 0. The Hall–Kier alpha value is -2.20. The molecule has 5 heteroatoms. The van der Waals surface area contributed by atoms with Gasteiger partial charge in [0, 0.05) is 18.0 Å². The molecule has 0 unspecified atom stereocenters. The second-order valence-electron chi connectivity index (χ2n) is 4.07. The van der Waals surface area contributed by atoms with Gasteiger partial charge in [-0.1, -0.05) is 18.2 Å². The number of carbonyl (C=O) groups is 1. The third-order valence-electron chi connectivity index (χ3n) is 2.51. The predicted octanol–water partition coefficient (Wildman–Crippen LogP) is 4.67. The van der Waals surface area contributed by atoms with E-state index in [9.17, 15) is 4.79 Å². The fourth-order valence-electron chi connectivity index (χ4n) is 1.53. The Morgan fingerprint density at radius 1 is 0.950 bits per heavy atom. The van der Waals surface area contributed by atoms with Gasteiger partial charge in [0.1, 0.15) is 0 Å². The molecule has 0 radical (unpaired) electrons. The standard InChI is InChI=1S/C15H14ClN3O/c16-11-10-15(20)17-12-6-8-14(9-7-12)19-18-13-4-2-1-3-5-13/h1-9H,10-11H2,(H,17,20). The number of nitrogens with zero attached hydrogens (tertiary/aromatic N) is 2. The maximum Gasteiger partial charge on any atom is 0.225 e. The smallest absolute Gasteiger partial charge is 0.225 e. The number of alkyl halides is 1. The molecule has 1 N–H and O–H groups in total. The fourth-order valence-corrected chi connectivity index (χ4v) is 1.70. The van der Waals surface area contributed by atoms with Gasteiger partial charge in [0.25, 0.3) is 0 Å². The molecule has 102 valence electrons. The molecule has 2 aromatic rings. The second kappa shape index (κ2) is 7.40. The lowest BCUT2D eigenvalue weighted by Gasteiger charge is -2.03. The molecular weight excluding hydrogens is 274 g/mol. The summed E-state index contributed by atoms with van der Waals surface area (Å²) in [6.07, 6.45) is 0.303. The highest BCUT2D eigenvalue weighted by molar-refractivity contribution is 6.19. The van der Waals surface area contributed by atoms with Crippen LogP contribution in [0.25, 0.3) is 0 Å². The summed E-state index contributed by atoms with van der Waals surface area (Å²) in [6, 6.07) is 16.7. The first-order chi connectivity index (χ1) is 9.78. The SMILES string of the molecule is O=C(CCCl)Nc1ccc(N=Nc2ccccc2)cc1. The number of carbonyl (C=O) groups excluding carboxylic acids is 1. The number of hydrogen-bond acceptors (Lipinski definition) is 3. The van der Waals surface area contributed by atoms with E-state index in [1.54, 1.807) is 24.3 Å². The van der Waals surface area contributed by atoms with Gasteiger partial charge in [-0.15, -0.1) is 11.6 Å². The second-order valence-corrected chi connectivity index (χ2v) is 4.45. The van der Waals surface area contributed by atoms with E-state index in [-0.39, 0.29) is 5.91 Å². The Labute approximate surface area is 122 Å². The third-order valence-corrected chi connectivity index (χ3v) is 2.70. The molecule has 0 aliphatic heterocycles. The summed E-state index contributed by atoms with van der Waals surface area (Å²) >= 11 is 5.50. The number of amides is 1. The summed E-state index contributed by atoms with van der Waals surface area (Å²) in [4.78, 5) is 11.4. The van der Waals surface area contributed by atoms with E-state index in [2.05, 4.69) is 15.5 Å². The van der Waals surface area contributed by atoms with Crippen molar-refractivity contribution in [1.82, 2.24) is 0 Å². The molecule has 1 amide bonds. The maximum atomic E-state index is 11.4. The van der Waals surface area contributed by atoms with Crippen LogP contribution in [0.4, 0.5) is 17.1 Å². The lowest BCUT2D eigenvalue weighted by molar-refractivity contribution is -0.115. The average molecular weight is 288 g/mol. The van der Waals surface area contributed by atoms with Crippen molar-refractivity contribution in [2.45, 2.75) is 6.42 Å². The molecule has 0 atom stereocenters. The van der Waals surface area contributed by atoms with Gasteiger partial charge in [-0.25, -0.2) is 0 Å². The Kier molecular flexibility index (Phi) is 5.26. The maximum absolute atomic E-state index is 11.4. The summed E-state index contributed by atoms with van der Waals surface area (Å²) in [5.41, 5.74) is 2.25. The fraction of sp³-hybridized carbons (Fsp3) is 0.133. The van der Waals surface area contributed by atoms with Crippen LogP contribution in [0.1, 0.15) is 6.42 Å². The molecule has 2 rings (SSSR count). The highest BCUT2D eigenvalue weighted by Crippen LogP contribution is 2.20. The van der Waals surface area contributed by atoms with E-state index in [0.717, 1.165) is 17.1 Å². The summed E-state index contributed by atoms with van der Waals surface area (Å²) in [6.45, 7) is 0. The van der Waals surface area contributed by atoms with Crippen molar-refractivity contribution in [3.8, 4) is 0 Å². The van der Waals surface area contributed by atoms with Crippen molar-refractivity contribution in [3.63, 3.8) is 0 Å². The minimum atomic E-state index is -0.0985. The minimum absolute atomic E-state index is 0.0985. The van der Waals surface area contributed by atoms with E-state index >= 15 is 0 Å². The summed E-state index contributed by atoms with van der Waals surface area (Å²) in [5.74, 6) is 0.216. The van der Waals surface area contributed by atoms with Gasteiger partial charge in [0.05, 0.1) is 11.4 Å². The first-order valence-corrected chi connectivity index (χ1v) is 6.74. The molecule has 20 heavy (non-hydrogen) atoms. The van der Waals surface area contributed by atoms with Gasteiger partial charge in [0.15, 0.2) is 0 Å². The zero-order valence-electron chi connectivity index (χ0n) is 10.8. The van der Waals surface area contributed by atoms with Gasteiger partial charge < -0.3 is 5.32 Å². The zero-order chi connectivity index (χ0) is 14.2. The molecular formula is C15H14ClN3O. The number of rotatable bonds is 5. The van der Waals surface area contributed by atoms with Crippen molar-refractivity contribution in [2.24, 2.45) is 10.2 Å². The van der Waals surface area contributed by atoms with Crippen LogP contribution in [0, 0.1) is 0 Å². The van der Waals surface area contributed by atoms with Gasteiger partial charge in [0.2, 0.25) is 5.91 Å². The minimum Gasteiger partial charge on any atom is -0.326 e. The Balaban J connectivity index is 1.98.